The normalized spacial score (nSPS) is 12.7. The van der Waals surface area contributed by atoms with Crippen LogP contribution in [0, 0.1) is 0 Å². The summed E-state index contributed by atoms with van der Waals surface area (Å²) in [4.78, 5) is 2.38. The molecule has 0 atom stereocenters. The van der Waals surface area contributed by atoms with Crippen LogP contribution < -0.4 is 4.90 Å². The van der Waals surface area contributed by atoms with Crippen LogP contribution in [0.5, 0.6) is 0 Å². The molecule has 0 fully saturated rings. The molecule has 250 valence electrons. The first-order valence-electron chi connectivity index (χ1n) is 18.4. The number of rotatable bonds is 5. The van der Waals surface area contributed by atoms with E-state index < -0.39 is 0 Å². The van der Waals surface area contributed by atoms with Gasteiger partial charge in [0.15, 0.2) is 5.58 Å². The van der Waals surface area contributed by atoms with E-state index in [4.69, 9.17) is 4.42 Å². The molecule has 0 saturated carbocycles. The number of hydrogen-bond donors (Lipinski definition) is 0. The highest BCUT2D eigenvalue weighted by atomic mass is 16.3. The van der Waals surface area contributed by atoms with Crippen LogP contribution in [0.2, 0.25) is 0 Å². The Labute approximate surface area is 307 Å². The van der Waals surface area contributed by atoms with Crippen molar-refractivity contribution in [2.75, 3.05) is 4.90 Å². The zero-order valence-electron chi connectivity index (χ0n) is 29.0. The number of anilines is 3. The van der Waals surface area contributed by atoms with Crippen LogP contribution in [0.25, 0.3) is 77.3 Å². The number of nitrogens with zero attached hydrogens (tertiary/aromatic N) is 2. The zero-order valence-corrected chi connectivity index (χ0v) is 29.0. The third kappa shape index (κ3) is 4.67. The monoisotopic (exact) mass is 678 g/mol. The summed E-state index contributed by atoms with van der Waals surface area (Å²) in [5, 5.41) is 8.32. The fourth-order valence-electron chi connectivity index (χ4n) is 8.62. The smallest absolute Gasteiger partial charge is 0.159 e. The van der Waals surface area contributed by atoms with Crippen LogP contribution in [0.1, 0.15) is 17.7 Å². The lowest BCUT2D eigenvalue weighted by atomic mass is 9.94. The number of hydrogen-bond acceptors (Lipinski definition) is 2. The van der Waals surface area contributed by atoms with Gasteiger partial charge in [0.1, 0.15) is 5.58 Å². The first-order chi connectivity index (χ1) is 26.3. The number of benzene rings is 8. The fraction of sp³-hybridized carbons (Fsp3) is 0.0400. The first kappa shape index (κ1) is 29.8. The highest BCUT2D eigenvalue weighted by Gasteiger charge is 2.23. The van der Waals surface area contributed by atoms with Crippen molar-refractivity contribution in [3.8, 4) is 16.8 Å². The molecule has 1 aliphatic carbocycles. The Kier molecular flexibility index (Phi) is 6.68. The molecule has 2 aromatic heterocycles. The summed E-state index contributed by atoms with van der Waals surface area (Å²) in [5.74, 6) is 0. The number of fused-ring (bicyclic) bond motifs is 8. The van der Waals surface area contributed by atoms with Crippen LogP contribution in [0.3, 0.4) is 0 Å². The van der Waals surface area contributed by atoms with Crippen molar-refractivity contribution < 1.29 is 4.42 Å². The van der Waals surface area contributed by atoms with E-state index in [2.05, 4.69) is 185 Å². The number of furan rings is 1. The molecule has 0 bridgehead atoms. The molecular formula is C50H34N2O. The minimum absolute atomic E-state index is 0.876. The molecule has 10 aromatic rings. The van der Waals surface area contributed by atoms with Gasteiger partial charge in [0.05, 0.1) is 16.9 Å². The summed E-state index contributed by atoms with van der Waals surface area (Å²) < 4.78 is 9.13. The maximum Gasteiger partial charge on any atom is 0.159 e. The molecule has 1 aliphatic rings. The number of aromatic nitrogens is 1. The van der Waals surface area contributed by atoms with Crippen molar-refractivity contribution in [2.45, 2.75) is 12.8 Å². The summed E-state index contributed by atoms with van der Waals surface area (Å²) in [6, 6.07) is 61.4. The summed E-state index contributed by atoms with van der Waals surface area (Å²) in [5.41, 5.74) is 12.6. The highest BCUT2D eigenvalue weighted by molar-refractivity contribution is 6.13. The molecule has 53 heavy (non-hydrogen) atoms. The van der Waals surface area contributed by atoms with E-state index in [0.717, 1.165) is 51.8 Å². The van der Waals surface area contributed by atoms with Gasteiger partial charge in [-0.25, -0.2) is 0 Å². The second-order valence-corrected chi connectivity index (χ2v) is 14.0. The van der Waals surface area contributed by atoms with Gasteiger partial charge in [-0.3, -0.25) is 0 Å². The molecule has 0 radical (unpaired) electrons. The Balaban J connectivity index is 1.14. The average Bonchev–Trinajstić information content (AvgIpc) is 3.77. The highest BCUT2D eigenvalue weighted by Crippen LogP contribution is 2.47. The largest absolute Gasteiger partial charge is 0.454 e. The molecule has 3 heteroatoms. The standard InChI is InChI=1S/C50H34N2O/c1-2-15-36(16-3-1)51-45-22-10-8-19-41(45)44-32-35(26-29-47(44)51)38-28-30-46(40-18-7-6-17-39(38)40)52(37-27-25-33-13-4-5-14-34(33)31-37)48-23-12-21-43-42-20-9-11-24-49(42)53-50(43)48/h1-9,11-21,23-32H,10,22H2. The quantitative estimate of drug-likeness (QED) is 0.181. The van der Waals surface area contributed by atoms with Crippen molar-refractivity contribution in [1.29, 1.82) is 0 Å². The predicted octanol–water partition coefficient (Wildman–Crippen LogP) is 13.9. The SMILES string of the molecule is C1=Cc2c(n(-c3ccccc3)c3ccc(-c4ccc(N(c5ccc6ccccc6c5)c5cccc6c5oc5ccccc56)c5ccccc45)cc23)CC1. The van der Waals surface area contributed by atoms with Gasteiger partial charge in [0.25, 0.3) is 0 Å². The van der Waals surface area contributed by atoms with E-state index in [1.807, 2.05) is 6.07 Å². The van der Waals surface area contributed by atoms with E-state index in [9.17, 15) is 0 Å². The van der Waals surface area contributed by atoms with Gasteiger partial charge in [-0.15, -0.1) is 0 Å². The van der Waals surface area contributed by atoms with Gasteiger partial charge in [-0.1, -0.05) is 127 Å². The summed E-state index contributed by atoms with van der Waals surface area (Å²) in [6.45, 7) is 0. The van der Waals surface area contributed by atoms with E-state index >= 15 is 0 Å². The second-order valence-electron chi connectivity index (χ2n) is 14.0. The minimum Gasteiger partial charge on any atom is -0.454 e. The van der Waals surface area contributed by atoms with E-state index in [1.54, 1.807) is 0 Å². The van der Waals surface area contributed by atoms with Crippen LogP contribution in [0.15, 0.2) is 180 Å². The fourth-order valence-corrected chi connectivity index (χ4v) is 8.62. The Morgan fingerprint density at radius 2 is 1.30 bits per heavy atom. The van der Waals surface area contributed by atoms with Crippen molar-refractivity contribution >= 4 is 77.5 Å². The number of para-hydroxylation sites is 3. The minimum atomic E-state index is 0.876. The lowest BCUT2D eigenvalue weighted by Gasteiger charge is -2.28. The summed E-state index contributed by atoms with van der Waals surface area (Å²) in [7, 11) is 0. The van der Waals surface area contributed by atoms with Crippen molar-refractivity contribution in [3.05, 3.63) is 187 Å². The molecular weight excluding hydrogens is 645 g/mol. The summed E-state index contributed by atoms with van der Waals surface area (Å²) >= 11 is 0. The third-order valence-corrected chi connectivity index (χ3v) is 11.0. The van der Waals surface area contributed by atoms with Gasteiger partial charge in [0, 0.05) is 44.2 Å². The molecule has 0 aliphatic heterocycles. The molecule has 0 saturated heterocycles. The maximum atomic E-state index is 6.67. The first-order valence-corrected chi connectivity index (χ1v) is 18.4. The topological polar surface area (TPSA) is 21.3 Å². The van der Waals surface area contributed by atoms with Gasteiger partial charge in [-0.2, -0.15) is 0 Å². The van der Waals surface area contributed by atoms with Crippen LogP contribution in [-0.2, 0) is 6.42 Å². The number of allylic oxidation sites excluding steroid dienone is 1. The van der Waals surface area contributed by atoms with Crippen LogP contribution in [-0.4, -0.2) is 4.57 Å². The molecule has 3 nitrogen and oxygen atoms in total. The maximum absolute atomic E-state index is 6.67. The van der Waals surface area contributed by atoms with Gasteiger partial charge < -0.3 is 13.9 Å². The van der Waals surface area contributed by atoms with E-state index in [-0.39, 0.29) is 0 Å². The Hall–Kier alpha value is -6.84. The molecule has 0 spiro atoms. The predicted molar refractivity (Wildman–Crippen MR) is 223 cm³/mol. The molecule has 0 N–H and O–H groups in total. The van der Waals surface area contributed by atoms with Gasteiger partial charge in [0.2, 0.25) is 0 Å². The average molecular weight is 679 g/mol. The lowest BCUT2D eigenvalue weighted by molar-refractivity contribution is 0.669. The molecule has 2 heterocycles. The van der Waals surface area contributed by atoms with E-state index in [0.29, 0.717) is 0 Å². The van der Waals surface area contributed by atoms with Gasteiger partial charge >= 0.3 is 0 Å². The Bertz CT molecular complexity index is 3070. The molecule has 0 amide bonds. The van der Waals surface area contributed by atoms with Crippen molar-refractivity contribution in [3.63, 3.8) is 0 Å². The van der Waals surface area contributed by atoms with Crippen LogP contribution in [0.4, 0.5) is 17.1 Å². The Morgan fingerprint density at radius 3 is 2.21 bits per heavy atom. The third-order valence-electron chi connectivity index (χ3n) is 11.0. The van der Waals surface area contributed by atoms with Gasteiger partial charge in [-0.05, 0) is 94.7 Å². The lowest BCUT2D eigenvalue weighted by Crippen LogP contribution is -2.11. The zero-order chi connectivity index (χ0) is 34.9. The molecule has 11 rings (SSSR count). The van der Waals surface area contributed by atoms with E-state index in [1.165, 1.54) is 60.5 Å². The van der Waals surface area contributed by atoms with Crippen molar-refractivity contribution in [2.24, 2.45) is 0 Å². The second kappa shape index (κ2) is 11.9. The molecule has 8 aromatic carbocycles. The van der Waals surface area contributed by atoms with Crippen LogP contribution >= 0.6 is 0 Å². The van der Waals surface area contributed by atoms with Crippen molar-refractivity contribution in [1.82, 2.24) is 4.57 Å². The Morgan fingerprint density at radius 1 is 0.528 bits per heavy atom. The molecule has 0 unspecified atom stereocenters. The summed E-state index contributed by atoms with van der Waals surface area (Å²) in [6.07, 6.45) is 6.74.